The van der Waals surface area contributed by atoms with Crippen molar-refractivity contribution >= 4 is 5.91 Å². The lowest BCUT2D eigenvalue weighted by Gasteiger charge is -2.28. The van der Waals surface area contributed by atoms with E-state index < -0.39 is 0 Å². The minimum absolute atomic E-state index is 0.0687. The highest BCUT2D eigenvalue weighted by molar-refractivity contribution is 5.73. The Hall–Kier alpha value is -3.72. The van der Waals surface area contributed by atoms with Crippen molar-refractivity contribution in [3.8, 4) is 17.5 Å². The smallest absolute Gasteiger partial charge is 0.217 e. The van der Waals surface area contributed by atoms with Gasteiger partial charge in [0.05, 0.1) is 23.6 Å². The van der Waals surface area contributed by atoms with Crippen LogP contribution in [0.5, 0.6) is 0 Å². The molecule has 2 aliphatic rings. The Kier molecular flexibility index (Phi) is 6.02. The van der Waals surface area contributed by atoms with Crippen LogP contribution >= 0.6 is 0 Å². The second-order valence-corrected chi connectivity index (χ2v) is 9.12. The lowest BCUT2D eigenvalue weighted by Crippen LogP contribution is -2.34. The third-order valence-electron chi connectivity index (χ3n) is 6.90. The van der Waals surface area contributed by atoms with E-state index in [1.54, 1.807) is 31.5 Å². The van der Waals surface area contributed by atoms with Crippen molar-refractivity contribution in [1.29, 1.82) is 0 Å². The number of carbonyl (C=O) groups is 1. The Morgan fingerprint density at radius 3 is 2.74 bits per heavy atom. The van der Waals surface area contributed by atoms with Gasteiger partial charge in [-0.25, -0.2) is 9.07 Å². The van der Waals surface area contributed by atoms with Gasteiger partial charge in [0.25, 0.3) is 0 Å². The van der Waals surface area contributed by atoms with Crippen LogP contribution in [0, 0.1) is 23.6 Å². The van der Waals surface area contributed by atoms with E-state index in [4.69, 9.17) is 0 Å². The number of aromatic nitrogens is 3. The highest BCUT2D eigenvalue weighted by atomic mass is 19.1. The van der Waals surface area contributed by atoms with E-state index in [1.807, 2.05) is 23.0 Å². The number of hydrogen-bond donors (Lipinski definition) is 1. The molecule has 5 nitrogen and oxygen atoms in total. The molecule has 2 aromatic heterocycles. The number of nitrogens with zero attached hydrogens (tertiary/aromatic N) is 3. The molecule has 2 heterocycles. The first-order chi connectivity index (χ1) is 16.5. The molecule has 0 aliphatic heterocycles. The summed E-state index contributed by atoms with van der Waals surface area (Å²) in [4.78, 5) is 15.9. The minimum Gasteiger partial charge on any atom is -0.343 e. The van der Waals surface area contributed by atoms with Crippen molar-refractivity contribution in [2.24, 2.45) is 5.92 Å². The zero-order valence-corrected chi connectivity index (χ0v) is 19.4. The molecule has 0 radical (unpaired) electrons. The standard InChI is InChI=1S/C28H27FN4O/c1-18-26-17-31-33(25-9-6-23(29)7-10-25)27(26)16-22-5-4-21(28(18)22)15-24(32-19(2)34)8-3-20-11-13-30-14-12-20/h6-7,9-14,17-18,21,24H,4-5,15-16H2,1-2H3,(H,32,34)/t18-,21+,24?/m0/s1. The molecule has 0 bridgehead atoms. The molecule has 0 fully saturated rings. The van der Waals surface area contributed by atoms with Crippen molar-refractivity contribution in [2.75, 3.05) is 0 Å². The third-order valence-corrected chi connectivity index (χ3v) is 6.90. The van der Waals surface area contributed by atoms with Gasteiger partial charge >= 0.3 is 0 Å². The fraction of sp³-hybridized carbons (Fsp3) is 0.321. The lowest BCUT2D eigenvalue weighted by atomic mass is 9.78. The second-order valence-electron chi connectivity index (χ2n) is 9.12. The van der Waals surface area contributed by atoms with Gasteiger partial charge in [0.1, 0.15) is 5.82 Å². The minimum atomic E-state index is -0.248. The van der Waals surface area contributed by atoms with Gasteiger partial charge < -0.3 is 5.32 Å². The molecule has 0 saturated carbocycles. The van der Waals surface area contributed by atoms with Crippen LogP contribution in [0.3, 0.4) is 0 Å². The molecule has 1 N–H and O–H groups in total. The predicted octanol–water partition coefficient (Wildman–Crippen LogP) is 4.72. The van der Waals surface area contributed by atoms with Crippen LogP contribution in [0.4, 0.5) is 4.39 Å². The molecular weight excluding hydrogens is 427 g/mol. The molecule has 3 aromatic rings. The van der Waals surface area contributed by atoms with Crippen molar-refractivity contribution < 1.29 is 9.18 Å². The average molecular weight is 455 g/mol. The number of fused-ring (bicyclic) bond motifs is 1. The lowest BCUT2D eigenvalue weighted by molar-refractivity contribution is -0.119. The van der Waals surface area contributed by atoms with Gasteiger partial charge in [-0.1, -0.05) is 29.9 Å². The molecule has 2 aliphatic carbocycles. The molecule has 34 heavy (non-hydrogen) atoms. The molecule has 1 aromatic carbocycles. The predicted molar refractivity (Wildman–Crippen MR) is 129 cm³/mol. The first-order valence-electron chi connectivity index (χ1n) is 11.7. The van der Waals surface area contributed by atoms with E-state index in [0.717, 1.165) is 36.9 Å². The van der Waals surface area contributed by atoms with Crippen LogP contribution in [-0.2, 0) is 11.2 Å². The van der Waals surface area contributed by atoms with E-state index in [1.165, 1.54) is 34.5 Å². The van der Waals surface area contributed by atoms with Gasteiger partial charge in [-0.3, -0.25) is 9.78 Å². The fourth-order valence-electron chi connectivity index (χ4n) is 5.42. The summed E-state index contributed by atoms with van der Waals surface area (Å²) in [6.07, 6.45) is 9.16. The first kappa shape index (κ1) is 22.1. The van der Waals surface area contributed by atoms with Gasteiger partial charge in [0, 0.05) is 42.8 Å². The first-order valence-corrected chi connectivity index (χ1v) is 11.7. The maximum absolute atomic E-state index is 13.4. The summed E-state index contributed by atoms with van der Waals surface area (Å²) in [5.41, 5.74) is 7.14. The van der Waals surface area contributed by atoms with E-state index in [2.05, 4.69) is 34.2 Å². The molecule has 6 heteroatoms. The number of amides is 1. The Balaban J connectivity index is 1.39. The fourth-order valence-corrected chi connectivity index (χ4v) is 5.42. The van der Waals surface area contributed by atoms with Gasteiger partial charge in [-0.15, -0.1) is 0 Å². The summed E-state index contributed by atoms with van der Waals surface area (Å²) < 4.78 is 15.4. The van der Waals surface area contributed by atoms with Gasteiger partial charge in [0.2, 0.25) is 5.91 Å². The maximum Gasteiger partial charge on any atom is 0.217 e. The zero-order chi connectivity index (χ0) is 23.7. The summed E-state index contributed by atoms with van der Waals surface area (Å²) >= 11 is 0. The van der Waals surface area contributed by atoms with Crippen LogP contribution < -0.4 is 5.32 Å². The highest BCUT2D eigenvalue weighted by Crippen LogP contribution is 2.48. The third kappa shape index (κ3) is 4.38. The van der Waals surface area contributed by atoms with Gasteiger partial charge in [0.15, 0.2) is 0 Å². The Morgan fingerprint density at radius 1 is 1.24 bits per heavy atom. The van der Waals surface area contributed by atoms with E-state index in [0.29, 0.717) is 5.92 Å². The van der Waals surface area contributed by atoms with Gasteiger partial charge in [-0.05, 0) is 61.6 Å². The number of carbonyl (C=O) groups excluding carboxylic acids is 1. The van der Waals surface area contributed by atoms with Crippen molar-refractivity contribution in [2.45, 2.75) is 51.5 Å². The van der Waals surface area contributed by atoms with Crippen LogP contribution in [0.2, 0.25) is 0 Å². The van der Waals surface area contributed by atoms with Crippen molar-refractivity contribution in [3.63, 3.8) is 0 Å². The van der Waals surface area contributed by atoms with E-state index in [9.17, 15) is 9.18 Å². The quantitative estimate of drug-likeness (QED) is 0.458. The Labute approximate surface area is 199 Å². The topological polar surface area (TPSA) is 59.8 Å². The molecule has 172 valence electrons. The normalized spacial score (nSPS) is 19.6. The van der Waals surface area contributed by atoms with E-state index >= 15 is 0 Å². The molecule has 5 rings (SSSR count). The SMILES string of the molecule is CC(=O)NC(C#Cc1ccncc1)C[C@H]1CCC2=C1[C@@H](C)c1cnn(-c3ccc(F)cc3)c1C2. The number of allylic oxidation sites excluding steroid dienone is 2. The number of pyridine rings is 1. The van der Waals surface area contributed by atoms with Crippen LogP contribution in [0.25, 0.3) is 5.69 Å². The van der Waals surface area contributed by atoms with Crippen molar-refractivity contribution in [3.05, 3.63) is 88.8 Å². The molecule has 3 atom stereocenters. The summed E-state index contributed by atoms with van der Waals surface area (Å²) in [6.45, 7) is 3.79. The molecule has 1 unspecified atom stereocenters. The molecular formula is C28H27FN4O. The van der Waals surface area contributed by atoms with Crippen LogP contribution in [-0.4, -0.2) is 26.7 Å². The van der Waals surface area contributed by atoms with Crippen LogP contribution in [0.15, 0.2) is 66.1 Å². The number of rotatable bonds is 4. The second kappa shape index (κ2) is 9.26. The molecule has 0 spiro atoms. The van der Waals surface area contributed by atoms with Crippen molar-refractivity contribution in [1.82, 2.24) is 20.1 Å². The van der Waals surface area contributed by atoms with Gasteiger partial charge in [-0.2, -0.15) is 5.10 Å². The number of nitrogens with one attached hydrogen (secondary N) is 1. The zero-order valence-electron chi connectivity index (χ0n) is 19.4. The maximum atomic E-state index is 13.4. The highest BCUT2D eigenvalue weighted by Gasteiger charge is 2.37. The number of halogens is 1. The summed E-state index contributed by atoms with van der Waals surface area (Å²) in [6, 6.07) is 10.0. The summed E-state index contributed by atoms with van der Waals surface area (Å²) in [5, 5.41) is 7.69. The number of benzene rings is 1. The average Bonchev–Trinajstić information content (AvgIpc) is 3.43. The summed E-state index contributed by atoms with van der Waals surface area (Å²) in [7, 11) is 0. The van der Waals surface area contributed by atoms with E-state index in [-0.39, 0.29) is 23.7 Å². The Bertz CT molecular complexity index is 1300. The molecule has 0 saturated heterocycles. The number of hydrogen-bond acceptors (Lipinski definition) is 3. The largest absolute Gasteiger partial charge is 0.343 e. The summed E-state index contributed by atoms with van der Waals surface area (Å²) in [5.74, 6) is 6.77. The monoisotopic (exact) mass is 454 g/mol. The molecule has 1 amide bonds. The Morgan fingerprint density at radius 2 is 2.00 bits per heavy atom. The van der Waals surface area contributed by atoms with Crippen LogP contribution in [0.1, 0.15) is 55.8 Å².